The fourth-order valence-corrected chi connectivity index (χ4v) is 4.76. The van der Waals surface area contributed by atoms with Crippen molar-refractivity contribution in [2.75, 3.05) is 13.1 Å². The number of nitriles is 2. The van der Waals surface area contributed by atoms with Crippen molar-refractivity contribution in [3.8, 4) is 12.1 Å². The van der Waals surface area contributed by atoms with Gasteiger partial charge in [0.1, 0.15) is 0 Å². The molecule has 0 radical (unpaired) electrons. The highest BCUT2D eigenvalue weighted by Gasteiger charge is 2.55. The summed E-state index contributed by atoms with van der Waals surface area (Å²) in [6, 6.07) is 17.7. The summed E-state index contributed by atoms with van der Waals surface area (Å²) in [7, 11) is 0. The summed E-state index contributed by atoms with van der Waals surface area (Å²) < 4.78 is 0. The second-order valence-electron chi connectivity index (χ2n) is 7.84. The molecule has 31 heavy (non-hydrogen) atoms. The Kier molecular flexibility index (Phi) is 5.29. The van der Waals surface area contributed by atoms with Crippen molar-refractivity contribution in [1.29, 1.82) is 10.5 Å². The maximum absolute atomic E-state index is 12.1. The van der Waals surface area contributed by atoms with Gasteiger partial charge in [-0.1, -0.05) is 42.5 Å². The minimum Gasteiger partial charge on any atom is -0.478 e. The van der Waals surface area contributed by atoms with Crippen LogP contribution in [0, 0.1) is 34.0 Å². The molecule has 0 saturated carbocycles. The fourth-order valence-electron chi connectivity index (χ4n) is 4.76. The molecule has 2 atom stereocenters. The molecule has 154 valence electrons. The fraction of sp³-hybridized carbons (Fsp3) is 0.250. The van der Waals surface area contributed by atoms with Crippen LogP contribution in [0.1, 0.15) is 17.0 Å². The first-order chi connectivity index (χ1) is 15.0. The molecule has 0 unspecified atom stereocenters. The quantitative estimate of drug-likeness (QED) is 0.791. The average Bonchev–Trinajstić information content (AvgIpc) is 2.79. The van der Waals surface area contributed by atoms with E-state index >= 15 is 0 Å². The first-order valence-electron chi connectivity index (χ1n) is 9.94. The van der Waals surface area contributed by atoms with Crippen LogP contribution in [-0.2, 0) is 11.3 Å². The van der Waals surface area contributed by atoms with Crippen LogP contribution in [-0.4, -0.2) is 34.0 Å². The molecule has 1 aromatic heterocycles. The zero-order valence-corrected chi connectivity index (χ0v) is 16.8. The van der Waals surface area contributed by atoms with E-state index in [-0.39, 0.29) is 17.2 Å². The van der Waals surface area contributed by atoms with Crippen molar-refractivity contribution < 1.29 is 9.90 Å². The van der Waals surface area contributed by atoms with Gasteiger partial charge in [-0.2, -0.15) is 10.5 Å². The average molecular weight is 411 g/mol. The highest BCUT2D eigenvalue weighted by molar-refractivity contribution is 5.94. The summed E-state index contributed by atoms with van der Waals surface area (Å²) >= 11 is 0. The summed E-state index contributed by atoms with van der Waals surface area (Å²) in [5.41, 5.74) is 6.55. The molecule has 2 heterocycles. The van der Waals surface area contributed by atoms with Crippen molar-refractivity contribution in [1.82, 2.24) is 9.88 Å². The molecule has 0 fully saturated rings. The lowest BCUT2D eigenvalue weighted by molar-refractivity contribution is -0.132. The monoisotopic (exact) mass is 411 g/mol. The van der Waals surface area contributed by atoms with Gasteiger partial charge in [0.05, 0.1) is 23.4 Å². The molecule has 2 aromatic rings. The third-order valence-electron chi connectivity index (χ3n) is 6.13. The molecule has 0 bridgehead atoms. The van der Waals surface area contributed by atoms with Crippen molar-refractivity contribution in [2.24, 2.45) is 17.1 Å². The lowest BCUT2D eigenvalue weighted by atomic mass is 9.58. The number of aliphatic carboxylic acids is 1. The minimum atomic E-state index is -1.80. The van der Waals surface area contributed by atoms with Crippen LogP contribution < -0.4 is 5.73 Å². The van der Waals surface area contributed by atoms with Gasteiger partial charge in [0.15, 0.2) is 5.41 Å². The molecule has 7 heteroatoms. The summed E-state index contributed by atoms with van der Waals surface area (Å²) in [5.74, 6) is -2.24. The van der Waals surface area contributed by atoms with Crippen LogP contribution in [0.3, 0.4) is 0 Å². The van der Waals surface area contributed by atoms with Gasteiger partial charge < -0.3 is 10.8 Å². The first-order valence-corrected chi connectivity index (χ1v) is 9.94. The molecule has 1 aliphatic carbocycles. The number of pyridine rings is 1. The predicted molar refractivity (Wildman–Crippen MR) is 113 cm³/mol. The zero-order chi connectivity index (χ0) is 22.0. The van der Waals surface area contributed by atoms with Crippen molar-refractivity contribution in [3.05, 3.63) is 88.9 Å². The van der Waals surface area contributed by atoms with Gasteiger partial charge in [-0.3, -0.25) is 9.88 Å². The van der Waals surface area contributed by atoms with Crippen LogP contribution >= 0.6 is 0 Å². The Morgan fingerprint density at radius 1 is 1.23 bits per heavy atom. The number of aromatic nitrogens is 1. The standard InChI is InChI=1S/C24H21N5O2/c25-14-24(15-26)21(17-7-4-9-28-11-17)19-13-29(12-16-5-2-1-3-6-16)10-8-18(19)20(22(24)27)23(30)31/h1-9,11,19,21H,10,12-13,27H2,(H,30,31)/t19-,21+/m1/s1. The van der Waals surface area contributed by atoms with Gasteiger partial charge in [0.25, 0.3) is 0 Å². The Morgan fingerprint density at radius 3 is 2.58 bits per heavy atom. The Balaban J connectivity index is 1.86. The molecule has 1 aliphatic heterocycles. The zero-order valence-electron chi connectivity index (χ0n) is 16.8. The van der Waals surface area contributed by atoms with E-state index in [1.165, 1.54) is 0 Å². The summed E-state index contributed by atoms with van der Waals surface area (Å²) in [4.78, 5) is 18.5. The Hall–Kier alpha value is -3.94. The van der Waals surface area contributed by atoms with Gasteiger partial charge in [0, 0.05) is 43.9 Å². The summed E-state index contributed by atoms with van der Waals surface area (Å²) in [5, 5.41) is 30.1. The molecule has 0 amide bonds. The van der Waals surface area contributed by atoms with E-state index in [1.807, 2.05) is 42.5 Å². The molecule has 0 saturated heterocycles. The van der Waals surface area contributed by atoms with E-state index in [4.69, 9.17) is 5.73 Å². The van der Waals surface area contributed by atoms with E-state index in [1.54, 1.807) is 18.5 Å². The Bertz CT molecular complexity index is 1130. The van der Waals surface area contributed by atoms with E-state index in [0.717, 1.165) is 5.56 Å². The lowest BCUT2D eigenvalue weighted by Crippen LogP contribution is -2.48. The highest BCUT2D eigenvalue weighted by Crippen LogP contribution is 2.54. The number of fused-ring (bicyclic) bond motifs is 1. The number of carboxylic acid groups (broad SMARTS) is 1. The Morgan fingerprint density at radius 2 is 1.97 bits per heavy atom. The number of carbonyl (C=O) groups is 1. The van der Waals surface area contributed by atoms with Crippen LogP contribution in [0.25, 0.3) is 0 Å². The Labute approximate surface area is 180 Å². The molecule has 3 N–H and O–H groups in total. The first kappa shape index (κ1) is 20.3. The van der Waals surface area contributed by atoms with Gasteiger partial charge in [0.2, 0.25) is 0 Å². The number of nitrogens with two attached hydrogens (primary N) is 1. The topological polar surface area (TPSA) is 127 Å². The van der Waals surface area contributed by atoms with Gasteiger partial charge in [-0.05, 0) is 22.8 Å². The van der Waals surface area contributed by atoms with Crippen molar-refractivity contribution in [2.45, 2.75) is 12.5 Å². The van der Waals surface area contributed by atoms with E-state index < -0.39 is 17.3 Å². The number of carboxylic acids is 1. The van der Waals surface area contributed by atoms with E-state index in [2.05, 4.69) is 22.0 Å². The van der Waals surface area contributed by atoms with Crippen LogP contribution in [0.15, 0.2) is 77.8 Å². The van der Waals surface area contributed by atoms with Crippen LogP contribution in [0.4, 0.5) is 0 Å². The molecule has 0 spiro atoms. The molecule has 1 aromatic carbocycles. The van der Waals surface area contributed by atoms with Gasteiger partial charge >= 0.3 is 5.97 Å². The molecular weight excluding hydrogens is 390 g/mol. The summed E-state index contributed by atoms with van der Waals surface area (Å²) in [6.45, 7) is 1.72. The number of hydrogen-bond donors (Lipinski definition) is 2. The summed E-state index contributed by atoms with van der Waals surface area (Å²) in [6.07, 6.45) is 5.12. The minimum absolute atomic E-state index is 0.118. The smallest absolute Gasteiger partial charge is 0.337 e. The molecule has 4 rings (SSSR count). The predicted octanol–water partition coefficient (Wildman–Crippen LogP) is 2.57. The maximum atomic E-state index is 12.1. The highest BCUT2D eigenvalue weighted by atomic mass is 16.4. The third kappa shape index (κ3) is 3.35. The second kappa shape index (κ2) is 8.06. The SMILES string of the molecule is N#CC1(C#N)C(N)=C(C(=O)O)C2=CCN(Cc3ccccc3)C[C@H]2[C@@H]1c1cccnc1. The maximum Gasteiger partial charge on any atom is 0.337 e. The number of nitrogens with zero attached hydrogens (tertiary/aromatic N) is 4. The van der Waals surface area contributed by atoms with E-state index in [0.29, 0.717) is 30.8 Å². The van der Waals surface area contributed by atoms with Gasteiger partial charge in [-0.25, -0.2) is 4.79 Å². The number of rotatable bonds is 4. The van der Waals surface area contributed by atoms with E-state index in [9.17, 15) is 20.4 Å². The second-order valence-corrected chi connectivity index (χ2v) is 7.84. The largest absolute Gasteiger partial charge is 0.478 e. The molecule has 2 aliphatic rings. The molecule has 7 nitrogen and oxygen atoms in total. The molecular formula is C24H21N5O2. The van der Waals surface area contributed by atoms with Crippen LogP contribution in [0.5, 0.6) is 0 Å². The van der Waals surface area contributed by atoms with Gasteiger partial charge in [-0.15, -0.1) is 0 Å². The number of allylic oxidation sites excluding steroid dienone is 1. The van der Waals surface area contributed by atoms with Crippen LogP contribution in [0.2, 0.25) is 0 Å². The number of hydrogen-bond acceptors (Lipinski definition) is 6. The normalized spacial score (nSPS) is 22.6. The van der Waals surface area contributed by atoms with Crippen molar-refractivity contribution in [3.63, 3.8) is 0 Å². The lowest BCUT2D eigenvalue weighted by Gasteiger charge is -2.46. The number of benzene rings is 1. The third-order valence-corrected chi connectivity index (χ3v) is 6.13. The van der Waals surface area contributed by atoms with Crippen molar-refractivity contribution >= 4 is 5.97 Å².